The average molecular weight is 265 g/mol. The molecule has 98 valence electrons. The van der Waals surface area contributed by atoms with Gasteiger partial charge in [-0.05, 0) is 37.5 Å². The summed E-state index contributed by atoms with van der Waals surface area (Å²) in [6, 6.07) is 5.97. The lowest BCUT2D eigenvalue weighted by atomic mass is 10.0. The summed E-state index contributed by atoms with van der Waals surface area (Å²) >= 11 is 4.30. The van der Waals surface area contributed by atoms with Crippen molar-refractivity contribution in [3.63, 3.8) is 0 Å². The highest BCUT2D eigenvalue weighted by molar-refractivity contribution is 7.80. The SMILES string of the molecule is Cc1ccc(S)cc1C(=O)N(C)C1CCOCC1. The Hall–Kier alpha value is -1.00. The van der Waals surface area contributed by atoms with E-state index in [9.17, 15) is 4.79 Å². The predicted octanol–water partition coefficient (Wildman–Crippen LogP) is 2.53. The molecule has 2 rings (SSSR count). The first-order chi connectivity index (χ1) is 8.59. The lowest BCUT2D eigenvalue weighted by Crippen LogP contribution is -2.40. The number of carbonyl (C=O) groups is 1. The molecular weight excluding hydrogens is 246 g/mol. The summed E-state index contributed by atoms with van der Waals surface area (Å²) in [5, 5.41) is 0. The Morgan fingerprint density at radius 3 is 2.72 bits per heavy atom. The van der Waals surface area contributed by atoms with Crippen LogP contribution in [0.3, 0.4) is 0 Å². The maximum absolute atomic E-state index is 12.5. The molecule has 0 N–H and O–H groups in total. The van der Waals surface area contributed by atoms with Gasteiger partial charge in [-0.1, -0.05) is 6.07 Å². The number of hydrogen-bond acceptors (Lipinski definition) is 3. The molecule has 1 aliphatic heterocycles. The van der Waals surface area contributed by atoms with Crippen LogP contribution < -0.4 is 0 Å². The summed E-state index contributed by atoms with van der Waals surface area (Å²) in [6.07, 6.45) is 1.84. The van der Waals surface area contributed by atoms with E-state index in [1.54, 1.807) is 0 Å². The molecule has 1 heterocycles. The van der Waals surface area contributed by atoms with E-state index in [1.165, 1.54) is 0 Å². The van der Waals surface area contributed by atoms with Crippen LogP contribution in [0.25, 0.3) is 0 Å². The molecule has 1 fully saturated rings. The van der Waals surface area contributed by atoms with Crippen molar-refractivity contribution >= 4 is 18.5 Å². The zero-order valence-corrected chi connectivity index (χ0v) is 11.7. The van der Waals surface area contributed by atoms with Crippen molar-refractivity contribution < 1.29 is 9.53 Å². The van der Waals surface area contributed by atoms with Gasteiger partial charge in [-0.3, -0.25) is 4.79 Å². The molecule has 0 radical (unpaired) electrons. The van der Waals surface area contributed by atoms with Crippen LogP contribution in [0.1, 0.15) is 28.8 Å². The molecule has 1 aromatic rings. The van der Waals surface area contributed by atoms with E-state index in [2.05, 4.69) is 12.6 Å². The third-order valence-corrected chi connectivity index (χ3v) is 3.79. The fraction of sp³-hybridized carbons (Fsp3) is 0.500. The fourth-order valence-electron chi connectivity index (χ4n) is 2.27. The van der Waals surface area contributed by atoms with Crippen molar-refractivity contribution in [2.45, 2.75) is 30.7 Å². The summed E-state index contributed by atoms with van der Waals surface area (Å²) < 4.78 is 5.33. The van der Waals surface area contributed by atoms with E-state index >= 15 is 0 Å². The van der Waals surface area contributed by atoms with Gasteiger partial charge in [0.25, 0.3) is 5.91 Å². The van der Waals surface area contributed by atoms with E-state index in [4.69, 9.17) is 4.74 Å². The second-order valence-electron chi connectivity index (χ2n) is 4.76. The number of benzene rings is 1. The molecule has 1 aromatic carbocycles. The average Bonchev–Trinajstić information content (AvgIpc) is 2.41. The van der Waals surface area contributed by atoms with Crippen LogP contribution in [0.15, 0.2) is 23.1 Å². The van der Waals surface area contributed by atoms with Gasteiger partial charge in [0.15, 0.2) is 0 Å². The largest absolute Gasteiger partial charge is 0.381 e. The van der Waals surface area contributed by atoms with E-state index in [0.29, 0.717) is 0 Å². The van der Waals surface area contributed by atoms with Crippen LogP contribution in [0.4, 0.5) is 0 Å². The zero-order valence-electron chi connectivity index (χ0n) is 10.8. The lowest BCUT2D eigenvalue weighted by Gasteiger charge is -2.31. The van der Waals surface area contributed by atoms with Gasteiger partial charge in [0.2, 0.25) is 0 Å². The lowest BCUT2D eigenvalue weighted by molar-refractivity contribution is 0.0361. The molecule has 0 unspecified atom stereocenters. The van der Waals surface area contributed by atoms with E-state index in [-0.39, 0.29) is 11.9 Å². The normalized spacial score (nSPS) is 16.6. The molecule has 0 aliphatic carbocycles. The second kappa shape index (κ2) is 5.76. The summed E-state index contributed by atoms with van der Waals surface area (Å²) in [6.45, 7) is 3.44. The number of ether oxygens (including phenoxy) is 1. The molecule has 0 atom stereocenters. The number of thiol groups is 1. The molecule has 0 saturated carbocycles. The number of hydrogen-bond donors (Lipinski definition) is 1. The van der Waals surface area contributed by atoms with Gasteiger partial charge in [-0.25, -0.2) is 0 Å². The second-order valence-corrected chi connectivity index (χ2v) is 5.28. The number of amides is 1. The summed E-state index contributed by atoms with van der Waals surface area (Å²) in [7, 11) is 1.88. The zero-order chi connectivity index (χ0) is 13.1. The van der Waals surface area contributed by atoms with E-state index in [1.807, 2.05) is 37.1 Å². The predicted molar refractivity (Wildman–Crippen MR) is 74.4 cm³/mol. The highest BCUT2D eigenvalue weighted by atomic mass is 32.1. The van der Waals surface area contributed by atoms with Crippen molar-refractivity contribution in [2.75, 3.05) is 20.3 Å². The molecule has 4 heteroatoms. The van der Waals surface area contributed by atoms with Crippen LogP contribution in [0.5, 0.6) is 0 Å². The first kappa shape index (κ1) is 13.4. The van der Waals surface area contributed by atoms with Gasteiger partial charge in [0.1, 0.15) is 0 Å². The van der Waals surface area contributed by atoms with Gasteiger partial charge in [-0.15, -0.1) is 12.6 Å². The molecule has 18 heavy (non-hydrogen) atoms. The molecule has 0 aromatic heterocycles. The Morgan fingerprint density at radius 2 is 2.06 bits per heavy atom. The summed E-state index contributed by atoms with van der Waals surface area (Å²) in [5.41, 5.74) is 1.74. The van der Waals surface area contributed by atoms with Crippen molar-refractivity contribution in [1.82, 2.24) is 4.90 Å². The first-order valence-corrected chi connectivity index (χ1v) is 6.69. The smallest absolute Gasteiger partial charge is 0.254 e. The number of carbonyl (C=O) groups excluding carboxylic acids is 1. The Bertz CT molecular complexity index is 441. The van der Waals surface area contributed by atoms with Gasteiger partial charge in [-0.2, -0.15) is 0 Å². The van der Waals surface area contributed by atoms with Crippen molar-refractivity contribution in [3.8, 4) is 0 Å². The molecular formula is C14H19NO2S. The van der Waals surface area contributed by atoms with Crippen LogP contribution in [0.2, 0.25) is 0 Å². The maximum Gasteiger partial charge on any atom is 0.254 e. The number of aryl methyl sites for hydroxylation is 1. The standard InChI is InChI=1S/C14H19NO2S/c1-10-3-4-12(18)9-13(10)14(16)15(2)11-5-7-17-8-6-11/h3-4,9,11,18H,5-8H2,1-2H3. The molecule has 1 amide bonds. The van der Waals surface area contributed by atoms with Crippen LogP contribution >= 0.6 is 12.6 Å². The number of rotatable bonds is 2. The van der Waals surface area contributed by atoms with Gasteiger partial charge in [0, 0.05) is 36.8 Å². The Labute approximate surface area is 114 Å². The van der Waals surface area contributed by atoms with Crippen molar-refractivity contribution in [3.05, 3.63) is 29.3 Å². The molecule has 0 spiro atoms. The monoisotopic (exact) mass is 265 g/mol. The number of nitrogens with zero attached hydrogens (tertiary/aromatic N) is 1. The van der Waals surface area contributed by atoms with Crippen molar-refractivity contribution in [1.29, 1.82) is 0 Å². The molecule has 0 bridgehead atoms. The minimum Gasteiger partial charge on any atom is -0.381 e. The Morgan fingerprint density at radius 1 is 1.39 bits per heavy atom. The maximum atomic E-state index is 12.5. The molecule has 3 nitrogen and oxygen atoms in total. The Balaban J connectivity index is 2.16. The van der Waals surface area contributed by atoms with Crippen LogP contribution in [-0.2, 0) is 4.74 Å². The first-order valence-electron chi connectivity index (χ1n) is 6.24. The third-order valence-electron chi connectivity index (χ3n) is 3.51. The minimum absolute atomic E-state index is 0.0790. The highest BCUT2D eigenvalue weighted by Gasteiger charge is 2.24. The third kappa shape index (κ3) is 2.87. The van der Waals surface area contributed by atoms with Gasteiger partial charge >= 0.3 is 0 Å². The van der Waals surface area contributed by atoms with Gasteiger partial charge in [0.05, 0.1) is 0 Å². The van der Waals surface area contributed by atoms with Crippen molar-refractivity contribution in [2.24, 2.45) is 0 Å². The topological polar surface area (TPSA) is 29.5 Å². The Kier molecular flexibility index (Phi) is 4.30. The van der Waals surface area contributed by atoms with Gasteiger partial charge < -0.3 is 9.64 Å². The minimum atomic E-state index is 0.0790. The summed E-state index contributed by atoms with van der Waals surface area (Å²) in [5.74, 6) is 0.0790. The van der Waals surface area contributed by atoms with E-state index in [0.717, 1.165) is 42.1 Å². The quantitative estimate of drug-likeness (QED) is 0.833. The highest BCUT2D eigenvalue weighted by Crippen LogP contribution is 2.19. The molecule has 1 saturated heterocycles. The van der Waals surface area contributed by atoms with Crippen LogP contribution in [0, 0.1) is 6.92 Å². The molecule has 1 aliphatic rings. The fourth-order valence-corrected chi connectivity index (χ4v) is 2.47. The van der Waals surface area contributed by atoms with E-state index < -0.39 is 0 Å². The summed E-state index contributed by atoms with van der Waals surface area (Å²) in [4.78, 5) is 15.1. The van der Waals surface area contributed by atoms with Crippen LogP contribution in [-0.4, -0.2) is 37.1 Å².